The van der Waals surface area contributed by atoms with Gasteiger partial charge in [-0.3, -0.25) is 9.59 Å². The van der Waals surface area contributed by atoms with Crippen molar-refractivity contribution in [2.75, 3.05) is 19.8 Å². The van der Waals surface area contributed by atoms with Gasteiger partial charge in [0.15, 0.2) is 0 Å². The zero-order valence-corrected chi connectivity index (χ0v) is 22.8. The molecule has 0 aliphatic rings. The SMILES string of the molecule is CCCCCCCOC(=O)CC(CC(=O)OCC(C)CCCC)(N=O)C(=O)OCC(C)CCCC. The van der Waals surface area contributed by atoms with Gasteiger partial charge < -0.3 is 14.2 Å². The molecule has 0 rings (SSSR count). The van der Waals surface area contributed by atoms with Crippen LogP contribution in [0.4, 0.5) is 0 Å². The topological polar surface area (TPSA) is 108 Å². The molecule has 35 heavy (non-hydrogen) atoms. The van der Waals surface area contributed by atoms with Crippen LogP contribution in [0.2, 0.25) is 0 Å². The van der Waals surface area contributed by atoms with Crippen LogP contribution in [0.3, 0.4) is 0 Å². The normalized spacial score (nSPS) is 14.4. The van der Waals surface area contributed by atoms with Gasteiger partial charge in [-0.15, -0.1) is 4.91 Å². The van der Waals surface area contributed by atoms with Crippen molar-refractivity contribution in [1.82, 2.24) is 0 Å². The van der Waals surface area contributed by atoms with Crippen LogP contribution >= 0.6 is 0 Å². The molecular formula is C27H49NO7. The van der Waals surface area contributed by atoms with E-state index in [9.17, 15) is 19.3 Å². The fourth-order valence-electron chi connectivity index (χ4n) is 3.64. The summed E-state index contributed by atoms with van der Waals surface area (Å²) in [6, 6.07) is 0. The van der Waals surface area contributed by atoms with E-state index in [0.717, 1.165) is 64.2 Å². The molecule has 0 N–H and O–H groups in total. The first kappa shape index (κ1) is 33.0. The maximum absolute atomic E-state index is 12.9. The van der Waals surface area contributed by atoms with Gasteiger partial charge in [-0.1, -0.05) is 86.0 Å². The third-order valence-electron chi connectivity index (χ3n) is 6.07. The Bertz CT molecular complexity index is 610. The third-order valence-corrected chi connectivity index (χ3v) is 6.07. The molecule has 204 valence electrons. The second-order valence-corrected chi connectivity index (χ2v) is 9.89. The van der Waals surface area contributed by atoms with Crippen LogP contribution in [0, 0.1) is 16.7 Å². The van der Waals surface area contributed by atoms with Crippen molar-refractivity contribution in [3.63, 3.8) is 0 Å². The van der Waals surface area contributed by atoms with Gasteiger partial charge in [-0.2, -0.15) is 0 Å². The van der Waals surface area contributed by atoms with E-state index >= 15 is 0 Å². The molecule has 0 spiro atoms. The van der Waals surface area contributed by atoms with Gasteiger partial charge in [0.05, 0.1) is 32.7 Å². The smallest absolute Gasteiger partial charge is 0.338 e. The van der Waals surface area contributed by atoms with Crippen molar-refractivity contribution >= 4 is 17.9 Å². The summed E-state index contributed by atoms with van der Waals surface area (Å²) in [5.74, 6) is -2.24. The lowest BCUT2D eigenvalue weighted by Crippen LogP contribution is -2.43. The predicted octanol–water partition coefficient (Wildman–Crippen LogP) is 6.52. The van der Waals surface area contributed by atoms with Gasteiger partial charge in [0.2, 0.25) is 5.54 Å². The predicted molar refractivity (Wildman–Crippen MR) is 137 cm³/mol. The van der Waals surface area contributed by atoms with Gasteiger partial charge >= 0.3 is 17.9 Å². The molecule has 0 radical (unpaired) electrons. The number of carbonyl (C=O) groups is 3. The lowest BCUT2D eigenvalue weighted by atomic mass is 9.92. The average Bonchev–Trinajstić information content (AvgIpc) is 2.84. The van der Waals surface area contributed by atoms with Crippen molar-refractivity contribution in [1.29, 1.82) is 0 Å². The number of carbonyl (C=O) groups excluding carboxylic acids is 3. The number of ether oxygens (including phenoxy) is 3. The monoisotopic (exact) mass is 499 g/mol. The number of esters is 3. The Hall–Kier alpha value is -1.99. The molecule has 0 aliphatic carbocycles. The van der Waals surface area contributed by atoms with E-state index in [0.29, 0.717) is 6.42 Å². The van der Waals surface area contributed by atoms with Crippen LogP contribution in [0.1, 0.15) is 118 Å². The van der Waals surface area contributed by atoms with Crippen molar-refractivity contribution < 1.29 is 28.6 Å². The molecule has 0 bridgehead atoms. The van der Waals surface area contributed by atoms with E-state index in [1.54, 1.807) is 0 Å². The molecule has 0 amide bonds. The minimum atomic E-state index is -2.19. The molecule has 0 aromatic rings. The Morgan fingerprint density at radius 1 is 0.686 bits per heavy atom. The number of hydrogen-bond acceptors (Lipinski definition) is 8. The molecule has 0 aliphatic heterocycles. The fraction of sp³-hybridized carbons (Fsp3) is 0.889. The van der Waals surface area contributed by atoms with Gasteiger partial charge in [0.1, 0.15) is 0 Å². The van der Waals surface area contributed by atoms with Crippen LogP contribution in [0.5, 0.6) is 0 Å². The van der Waals surface area contributed by atoms with Crippen molar-refractivity contribution in [2.45, 2.75) is 124 Å². The summed E-state index contributed by atoms with van der Waals surface area (Å²) >= 11 is 0. The fourth-order valence-corrected chi connectivity index (χ4v) is 3.64. The highest BCUT2D eigenvalue weighted by molar-refractivity contribution is 5.91. The Morgan fingerprint density at radius 3 is 1.69 bits per heavy atom. The van der Waals surface area contributed by atoms with Gasteiger partial charge in [0, 0.05) is 0 Å². The first-order valence-electron chi connectivity index (χ1n) is 13.6. The summed E-state index contributed by atoms with van der Waals surface area (Å²) in [6.45, 7) is 10.7. The molecule has 8 nitrogen and oxygen atoms in total. The summed E-state index contributed by atoms with van der Waals surface area (Å²) < 4.78 is 15.9. The number of hydrogen-bond donors (Lipinski definition) is 0. The first-order valence-corrected chi connectivity index (χ1v) is 13.6. The van der Waals surface area contributed by atoms with Gasteiger partial charge in [0.25, 0.3) is 0 Å². The highest BCUT2D eigenvalue weighted by Gasteiger charge is 2.47. The molecule has 0 saturated heterocycles. The van der Waals surface area contributed by atoms with E-state index < -0.39 is 36.3 Å². The van der Waals surface area contributed by atoms with Crippen LogP contribution in [0.15, 0.2) is 5.18 Å². The highest BCUT2D eigenvalue weighted by Crippen LogP contribution is 2.26. The second-order valence-electron chi connectivity index (χ2n) is 9.89. The molecule has 0 aromatic heterocycles. The van der Waals surface area contributed by atoms with Gasteiger partial charge in [-0.25, -0.2) is 4.79 Å². The standard InChI is InChI=1S/C27H49NO7/c1-6-9-12-13-14-17-33-24(29)18-27(28-32,26(31)35-21-23(5)16-11-8-3)19-25(30)34-20-22(4)15-10-7-2/h22-23H,6-21H2,1-5H3. The zero-order valence-electron chi connectivity index (χ0n) is 22.8. The molecule has 8 heteroatoms. The maximum atomic E-state index is 12.9. The number of nitrogens with zero attached hydrogens (tertiary/aromatic N) is 1. The molecule has 0 aromatic carbocycles. The summed E-state index contributed by atoms with van der Waals surface area (Å²) in [6.07, 6.45) is 9.46. The lowest BCUT2D eigenvalue weighted by Gasteiger charge is -2.24. The van der Waals surface area contributed by atoms with Crippen molar-refractivity contribution in [3.8, 4) is 0 Å². The van der Waals surface area contributed by atoms with Crippen LogP contribution in [0.25, 0.3) is 0 Å². The summed E-state index contributed by atoms with van der Waals surface area (Å²) in [7, 11) is 0. The summed E-state index contributed by atoms with van der Waals surface area (Å²) in [5, 5.41) is 2.96. The van der Waals surface area contributed by atoms with E-state index in [-0.39, 0.29) is 31.7 Å². The quantitative estimate of drug-likeness (QED) is 0.0721. The Balaban J connectivity index is 5.14. The van der Waals surface area contributed by atoms with E-state index in [1.807, 2.05) is 13.8 Å². The van der Waals surface area contributed by atoms with Crippen molar-refractivity contribution in [3.05, 3.63) is 4.91 Å². The van der Waals surface area contributed by atoms with Crippen molar-refractivity contribution in [2.24, 2.45) is 17.0 Å². The average molecular weight is 500 g/mol. The molecule has 0 fully saturated rings. The minimum absolute atomic E-state index is 0.0877. The molecular weight excluding hydrogens is 450 g/mol. The summed E-state index contributed by atoms with van der Waals surface area (Å²) in [4.78, 5) is 49.9. The number of unbranched alkanes of at least 4 members (excludes halogenated alkanes) is 6. The van der Waals surface area contributed by atoms with Crippen LogP contribution < -0.4 is 0 Å². The van der Waals surface area contributed by atoms with E-state index in [2.05, 4.69) is 25.9 Å². The molecule has 0 saturated carbocycles. The highest BCUT2D eigenvalue weighted by atomic mass is 16.5. The first-order chi connectivity index (χ1) is 16.7. The van der Waals surface area contributed by atoms with E-state index in [4.69, 9.17) is 14.2 Å². The Kier molecular flexibility index (Phi) is 19.1. The largest absolute Gasteiger partial charge is 0.466 e. The van der Waals surface area contributed by atoms with Crippen LogP contribution in [-0.4, -0.2) is 43.3 Å². The lowest BCUT2D eigenvalue weighted by molar-refractivity contribution is -0.162. The third kappa shape index (κ3) is 15.6. The Morgan fingerprint density at radius 2 is 1.17 bits per heavy atom. The number of nitroso groups, excluding NO2 is 1. The van der Waals surface area contributed by atoms with Crippen LogP contribution in [-0.2, 0) is 28.6 Å². The summed E-state index contributed by atoms with van der Waals surface area (Å²) in [5.41, 5.74) is -2.19. The maximum Gasteiger partial charge on any atom is 0.338 e. The Labute approximate surface area is 212 Å². The molecule has 3 atom stereocenters. The minimum Gasteiger partial charge on any atom is -0.466 e. The second kappa shape index (κ2) is 20.2. The van der Waals surface area contributed by atoms with E-state index in [1.165, 1.54) is 0 Å². The zero-order chi connectivity index (χ0) is 26.5. The molecule has 3 unspecified atom stereocenters. The molecule has 0 heterocycles. The van der Waals surface area contributed by atoms with Gasteiger partial charge in [-0.05, 0) is 36.3 Å². The number of rotatable bonds is 22.